The van der Waals surface area contributed by atoms with Crippen LogP contribution < -0.4 is 0 Å². The standard InChI is InChI=1S/C12H22N2O3/c1-12(2,3)17-11(15)14-8-5-10(6-9-14)4-7-13-16/h7,10,16H,4-6,8-9H2,1-3H3. The molecule has 1 fully saturated rings. The molecule has 98 valence electrons. The molecule has 0 radical (unpaired) electrons. The molecule has 0 aliphatic carbocycles. The maximum Gasteiger partial charge on any atom is 0.410 e. The van der Waals surface area contributed by atoms with E-state index in [2.05, 4.69) is 5.16 Å². The molecule has 17 heavy (non-hydrogen) atoms. The summed E-state index contributed by atoms with van der Waals surface area (Å²) < 4.78 is 5.31. The van der Waals surface area contributed by atoms with Gasteiger partial charge in [-0.1, -0.05) is 0 Å². The van der Waals surface area contributed by atoms with Crippen LogP contribution in [0.5, 0.6) is 0 Å². The van der Waals surface area contributed by atoms with Crippen molar-refractivity contribution in [1.82, 2.24) is 4.90 Å². The van der Waals surface area contributed by atoms with Crippen molar-refractivity contribution in [2.24, 2.45) is 11.1 Å². The summed E-state index contributed by atoms with van der Waals surface area (Å²) in [5.41, 5.74) is -0.433. The minimum atomic E-state index is -0.433. The fourth-order valence-corrected chi connectivity index (χ4v) is 1.87. The summed E-state index contributed by atoms with van der Waals surface area (Å²) in [6.45, 7) is 7.05. The second-order valence-corrected chi connectivity index (χ2v) is 5.44. The van der Waals surface area contributed by atoms with Crippen molar-refractivity contribution in [1.29, 1.82) is 0 Å². The number of oxime groups is 1. The van der Waals surface area contributed by atoms with Crippen LogP contribution in [0.25, 0.3) is 0 Å². The minimum absolute atomic E-state index is 0.230. The fourth-order valence-electron chi connectivity index (χ4n) is 1.87. The molecule has 0 aromatic heterocycles. The van der Waals surface area contributed by atoms with E-state index >= 15 is 0 Å². The van der Waals surface area contributed by atoms with Gasteiger partial charge < -0.3 is 14.8 Å². The zero-order valence-corrected chi connectivity index (χ0v) is 10.8. The van der Waals surface area contributed by atoms with Crippen LogP contribution in [0, 0.1) is 5.92 Å². The quantitative estimate of drug-likeness (QED) is 0.459. The van der Waals surface area contributed by atoms with Crippen LogP contribution in [0.2, 0.25) is 0 Å². The van der Waals surface area contributed by atoms with Gasteiger partial charge in [-0.05, 0) is 46.0 Å². The van der Waals surface area contributed by atoms with Gasteiger partial charge in [-0.15, -0.1) is 5.16 Å². The Morgan fingerprint density at radius 1 is 1.47 bits per heavy atom. The van der Waals surface area contributed by atoms with Crippen LogP contribution in [0.4, 0.5) is 4.79 Å². The van der Waals surface area contributed by atoms with Crippen molar-refractivity contribution in [2.45, 2.75) is 45.6 Å². The largest absolute Gasteiger partial charge is 0.444 e. The summed E-state index contributed by atoms with van der Waals surface area (Å²) in [5.74, 6) is 0.504. The van der Waals surface area contributed by atoms with Crippen LogP contribution in [0.1, 0.15) is 40.0 Å². The number of ether oxygens (including phenoxy) is 1. The van der Waals surface area contributed by atoms with Crippen LogP contribution in [0.3, 0.4) is 0 Å². The van der Waals surface area contributed by atoms with Gasteiger partial charge in [0.2, 0.25) is 0 Å². The van der Waals surface area contributed by atoms with Crippen LogP contribution in [0.15, 0.2) is 5.16 Å². The molecule has 0 unspecified atom stereocenters. The van der Waals surface area contributed by atoms with Crippen LogP contribution in [-0.4, -0.2) is 41.1 Å². The number of carbonyl (C=O) groups excluding carboxylic acids is 1. The Bertz CT molecular complexity index is 276. The molecular formula is C12H22N2O3. The summed E-state index contributed by atoms with van der Waals surface area (Å²) >= 11 is 0. The summed E-state index contributed by atoms with van der Waals surface area (Å²) in [5, 5.41) is 11.4. The Kier molecular flexibility index (Phi) is 4.78. The lowest BCUT2D eigenvalue weighted by Crippen LogP contribution is -2.41. The average molecular weight is 242 g/mol. The van der Waals surface area contributed by atoms with Crippen molar-refractivity contribution in [3.05, 3.63) is 0 Å². The monoisotopic (exact) mass is 242 g/mol. The van der Waals surface area contributed by atoms with E-state index in [1.54, 1.807) is 4.90 Å². The number of nitrogens with zero attached hydrogens (tertiary/aromatic N) is 2. The lowest BCUT2D eigenvalue weighted by Gasteiger charge is -2.33. The Balaban J connectivity index is 2.34. The van der Waals surface area contributed by atoms with Crippen LogP contribution >= 0.6 is 0 Å². The highest BCUT2D eigenvalue weighted by Gasteiger charge is 2.26. The Hall–Kier alpha value is -1.26. The third-order valence-corrected chi connectivity index (χ3v) is 2.79. The Morgan fingerprint density at radius 3 is 2.53 bits per heavy atom. The van der Waals surface area contributed by atoms with Gasteiger partial charge in [-0.2, -0.15) is 0 Å². The number of hydrogen-bond donors (Lipinski definition) is 1. The number of piperidine rings is 1. The normalized spacial score (nSPS) is 18.6. The Morgan fingerprint density at radius 2 is 2.06 bits per heavy atom. The summed E-state index contributed by atoms with van der Waals surface area (Å²) in [4.78, 5) is 13.5. The van der Waals surface area contributed by atoms with E-state index in [9.17, 15) is 4.79 Å². The molecule has 0 aromatic carbocycles. The van der Waals surface area contributed by atoms with Gasteiger partial charge in [0.15, 0.2) is 0 Å². The fraction of sp³-hybridized carbons (Fsp3) is 0.833. The average Bonchev–Trinajstić information content (AvgIpc) is 2.24. The van der Waals surface area contributed by atoms with Crippen molar-refractivity contribution in [2.75, 3.05) is 13.1 Å². The summed E-state index contributed by atoms with van der Waals surface area (Å²) in [6, 6.07) is 0. The summed E-state index contributed by atoms with van der Waals surface area (Å²) in [6.07, 6.45) is 3.94. The number of carbonyl (C=O) groups is 1. The molecule has 0 bridgehead atoms. The third kappa shape index (κ3) is 5.06. The van der Waals surface area contributed by atoms with Gasteiger partial charge in [0, 0.05) is 19.3 Å². The van der Waals surface area contributed by atoms with Gasteiger partial charge >= 0.3 is 6.09 Å². The number of amides is 1. The maximum absolute atomic E-state index is 11.8. The van der Waals surface area contributed by atoms with E-state index in [-0.39, 0.29) is 6.09 Å². The molecule has 5 heteroatoms. The second kappa shape index (κ2) is 5.89. The first-order valence-corrected chi connectivity index (χ1v) is 6.06. The van der Waals surface area contributed by atoms with Crippen molar-refractivity contribution in [3.8, 4) is 0 Å². The van der Waals surface area contributed by atoms with E-state index in [1.165, 1.54) is 6.21 Å². The molecule has 1 heterocycles. The minimum Gasteiger partial charge on any atom is -0.444 e. The smallest absolute Gasteiger partial charge is 0.410 e. The number of hydrogen-bond acceptors (Lipinski definition) is 4. The van der Waals surface area contributed by atoms with E-state index in [4.69, 9.17) is 9.94 Å². The van der Waals surface area contributed by atoms with Crippen molar-refractivity contribution in [3.63, 3.8) is 0 Å². The topological polar surface area (TPSA) is 62.1 Å². The third-order valence-electron chi connectivity index (χ3n) is 2.79. The van der Waals surface area contributed by atoms with Gasteiger partial charge in [0.05, 0.1) is 0 Å². The molecule has 1 aliphatic rings. The summed E-state index contributed by atoms with van der Waals surface area (Å²) in [7, 11) is 0. The van der Waals surface area contributed by atoms with Gasteiger partial charge in [0.1, 0.15) is 5.60 Å². The van der Waals surface area contributed by atoms with E-state index in [0.29, 0.717) is 5.92 Å². The van der Waals surface area contributed by atoms with Crippen molar-refractivity contribution < 1.29 is 14.7 Å². The van der Waals surface area contributed by atoms with E-state index < -0.39 is 5.60 Å². The predicted octanol–water partition coefficient (Wildman–Crippen LogP) is 2.48. The van der Waals surface area contributed by atoms with Crippen molar-refractivity contribution >= 4 is 12.3 Å². The molecule has 0 saturated carbocycles. The first-order valence-electron chi connectivity index (χ1n) is 6.06. The molecule has 5 nitrogen and oxygen atoms in total. The maximum atomic E-state index is 11.8. The Labute approximate surface area is 102 Å². The van der Waals surface area contributed by atoms with Gasteiger partial charge in [0.25, 0.3) is 0 Å². The lowest BCUT2D eigenvalue weighted by molar-refractivity contribution is 0.0186. The highest BCUT2D eigenvalue weighted by Crippen LogP contribution is 2.21. The number of rotatable bonds is 2. The van der Waals surface area contributed by atoms with Crippen LogP contribution in [-0.2, 0) is 4.74 Å². The second-order valence-electron chi connectivity index (χ2n) is 5.44. The van der Waals surface area contributed by atoms with E-state index in [0.717, 1.165) is 32.4 Å². The molecule has 1 amide bonds. The van der Waals surface area contributed by atoms with Gasteiger partial charge in [-0.25, -0.2) is 4.79 Å². The lowest BCUT2D eigenvalue weighted by atomic mass is 9.94. The van der Waals surface area contributed by atoms with Gasteiger partial charge in [-0.3, -0.25) is 0 Å². The SMILES string of the molecule is CC(C)(C)OC(=O)N1CCC(CC=NO)CC1. The highest BCUT2D eigenvalue weighted by molar-refractivity contribution is 5.68. The molecule has 1 aliphatic heterocycles. The van der Waals surface area contributed by atoms with E-state index in [1.807, 2.05) is 20.8 Å². The molecule has 0 aromatic rings. The predicted molar refractivity (Wildman–Crippen MR) is 65.4 cm³/mol. The zero-order chi connectivity index (χ0) is 12.9. The molecule has 0 atom stereocenters. The molecule has 1 rings (SSSR count). The first kappa shape index (κ1) is 13.8. The molecule has 1 saturated heterocycles. The molecule has 1 N–H and O–H groups in total. The number of likely N-dealkylation sites (tertiary alicyclic amines) is 1. The molecular weight excluding hydrogens is 220 g/mol. The zero-order valence-electron chi connectivity index (χ0n) is 10.8. The molecule has 0 spiro atoms. The highest BCUT2D eigenvalue weighted by atomic mass is 16.6. The first-order chi connectivity index (χ1) is 7.92.